The molecule has 0 unspecified atom stereocenters. The average Bonchev–Trinajstić information content (AvgIpc) is 3.28. The molecule has 0 spiro atoms. The minimum absolute atomic E-state index is 0.0634. The van der Waals surface area contributed by atoms with E-state index in [4.69, 9.17) is 16.0 Å². The number of nitrogens with zero attached hydrogens (tertiary/aromatic N) is 3. The van der Waals surface area contributed by atoms with Crippen molar-refractivity contribution in [2.45, 2.75) is 13.8 Å². The van der Waals surface area contributed by atoms with E-state index in [1.807, 2.05) is 6.92 Å². The van der Waals surface area contributed by atoms with Gasteiger partial charge in [-0.25, -0.2) is 14.8 Å². The predicted molar refractivity (Wildman–Crippen MR) is 133 cm³/mol. The molecule has 0 radical (unpaired) electrons. The Bertz CT molecular complexity index is 1790. The molecule has 0 atom stereocenters. The van der Waals surface area contributed by atoms with Crippen LogP contribution in [-0.4, -0.2) is 20.1 Å². The van der Waals surface area contributed by atoms with Crippen LogP contribution in [0.3, 0.4) is 0 Å². The molecule has 5 aromatic rings. The number of aromatic nitrogens is 4. The SMILES string of the molecule is C=C(Nc1ccc(Cl)nc1-c1noc(=O)[nH]1)c1cc(C)cc2c(=O)c(C)c(-c3cccc(F)n3)oc12. The van der Waals surface area contributed by atoms with Gasteiger partial charge in [-0.2, -0.15) is 4.39 Å². The molecule has 11 heteroatoms. The summed E-state index contributed by atoms with van der Waals surface area (Å²) in [5.41, 5.74) is 2.71. The van der Waals surface area contributed by atoms with E-state index >= 15 is 0 Å². The third-order valence-corrected chi connectivity index (χ3v) is 5.66. The fourth-order valence-electron chi connectivity index (χ4n) is 3.82. The third-order valence-electron chi connectivity index (χ3n) is 5.45. The lowest BCUT2D eigenvalue weighted by Gasteiger charge is -2.15. The van der Waals surface area contributed by atoms with Gasteiger partial charge in [0.25, 0.3) is 0 Å². The maximum atomic E-state index is 13.8. The van der Waals surface area contributed by atoms with Crippen molar-refractivity contribution in [3.63, 3.8) is 0 Å². The van der Waals surface area contributed by atoms with Crippen LogP contribution >= 0.6 is 11.6 Å². The molecular weight excluding hydrogens is 489 g/mol. The first-order valence-corrected chi connectivity index (χ1v) is 11.0. The number of hydrogen-bond acceptors (Lipinski definition) is 8. The molecule has 1 aromatic carbocycles. The molecule has 5 rings (SSSR count). The van der Waals surface area contributed by atoms with E-state index in [1.165, 1.54) is 12.1 Å². The summed E-state index contributed by atoms with van der Waals surface area (Å²) in [5.74, 6) is -1.23. The third kappa shape index (κ3) is 4.18. The Morgan fingerprint density at radius 3 is 2.67 bits per heavy atom. The molecule has 36 heavy (non-hydrogen) atoms. The van der Waals surface area contributed by atoms with Crippen LogP contribution in [0.25, 0.3) is 39.6 Å². The van der Waals surface area contributed by atoms with Gasteiger partial charge in [-0.1, -0.05) is 29.4 Å². The minimum atomic E-state index is -0.753. The topological polar surface area (TPSA) is 127 Å². The van der Waals surface area contributed by atoms with Crippen LogP contribution in [0, 0.1) is 19.8 Å². The molecule has 0 aliphatic heterocycles. The zero-order valence-electron chi connectivity index (χ0n) is 19.0. The summed E-state index contributed by atoms with van der Waals surface area (Å²) in [5, 5.41) is 7.30. The molecule has 0 saturated carbocycles. The molecule has 4 heterocycles. The summed E-state index contributed by atoms with van der Waals surface area (Å²) in [6.07, 6.45) is 0. The van der Waals surface area contributed by atoms with Gasteiger partial charge in [-0.15, -0.1) is 0 Å². The first-order valence-electron chi connectivity index (χ1n) is 10.6. The van der Waals surface area contributed by atoms with Crippen molar-refractivity contribution in [2.24, 2.45) is 0 Å². The first-order chi connectivity index (χ1) is 17.2. The normalized spacial score (nSPS) is 11.1. The highest BCUT2D eigenvalue weighted by Crippen LogP contribution is 2.32. The number of fused-ring (bicyclic) bond motifs is 1. The van der Waals surface area contributed by atoms with E-state index in [0.717, 1.165) is 5.56 Å². The molecule has 0 saturated heterocycles. The van der Waals surface area contributed by atoms with Crippen molar-refractivity contribution in [3.05, 3.63) is 97.6 Å². The van der Waals surface area contributed by atoms with Crippen LogP contribution in [0.1, 0.15) is 16.7 Å². The van der Waals surface area contributed by atoms with Crippen LogP contribution in [0.4, 0.5) is 10.1 Å². The van der Waals surface area contributed by atoms with Crippen LogP contribution < -0.4 is 16.5 Å². The number of aryl methyl sites for hydroxylation is 1. The minimum Gasteiger partial charge on any atom is -0.453 e. The van der Waals surface area contributed by atoms with Crippen LogP contribution in [0.15, 0.2) is 67.6 Å². The summed E-state index contributed by atoms with van der Waals surface area (Å²) < 4.78 is 24.5. The van der Waals surface area contributed by atoms with Gasteiger partial charge in [0.1, 0.15) is 22.1 Å². The molecule has 4 aromatic heterocycles. The number of benzene rings is 1. The number of hydrogen-bond donors (Lipinski definition) is 2. The van der Waals surface area contributed by atoms with Crippen LogP contribution in [0.2, 0.25) is 5.15 Å². The second-order valence-electron chi connectivity index (χ2n) is 8.00. The van der Waals surface area contributed by atoms with E-state index < -0.39 is 11.7 Å². The fraction of sp³-hybridized carbons (Fsp3) is 0.0800. The lowest BCUT2D eigenvalue weighted by atomic mass is 10.0. The second kappa shape index (κ2) is 8.90. The standard InChI is InChI=1S/C25H17ClFN5O4/c1-11-9-14(13(3)28-16-7-8-18(26)30-20(16)24-31-25(34)36-32-24)23-15(10-11)21(33)12(2)22(35-23)17-5-4-6-19(27)29-17/h4-10,28H,3H2,1-2H3,(H,31,32,34). The molecule has 0 bridgehead atoms. The molecule has 0 fully saturated rings. The smallest absolute Gasteiger partial charge is 0.439 e. The van der Waals surface area contributed by atoms with Crippen molar-refractivity contribution in [3.8, 4) is 23.0 Å². The van der Waals surface area contributed by atoms with E-state index in [9.17, 15) is 14.0 Å². The number of nitrogens with one attached hydrogen (secondary N) is 2. The zero-order valence-corrected chi connectivity index (χ0v) is 19.7. The van der Waals surface area contributed by atoms with Crippen LogP contribution in [-0.2, 0) is 0 Å². The average molecular weight is 506 g/mol. The van der Waals surface area contributed by atoms with Gasteiger partial charge in [0.2, 0.25) is 11.8 Å². The van der Waals surface area contributed by atoms with Crippen molar-refractivity contribution in [1.82, 2.24) is 20.1 Å². The summed E-state index contributed by atoms with van der Waals surface area (Å²) in [7, 11) is 0. The number of aromatic amines is 1. The Morgan fingerprint density at radius 1 is 1.14 bits per heavy atom. The van der Waals surface area contributed by atoms with Gasteiger partial charge in [-0.3, -0.25) is 14.3 Å². The lowest BCUT2D eigenvalue weighted by Crippen LogP contribution is -2.10. The summed E-state index contributed by atoms with van der Waals surface area (Å²) in [6, 6.07) is 10.9. The Hall–Kier alpha value is -4.57. The van der Waals surface area contributed by atoms with Crippen molar-refractivity contribution >= 4 is 34.0 Å². The van der Waals surface area contributed by atoms with Gasteiger partial charge < -0.3 is 9.73 Å². The number of pyridine rings is 2. The molecular formula is C25H17ClFN5O4. The van der Waals surface area contributed by atoms with Gasteiger partial charge in [-0.05, 0) is 55.8 Å². The van der Waals surface area contributed by atoms with E-state index in [-0.39, 0.29) is 39.1 Å². The highest BCUT2D eigenvalue weighted by Gasteiger charge is 2.20. The van der Waals surface area contributed by atoms with E-state index in [0.29, 0.717) is 27.9 Å². The van der Waals surface area contributed by atoms with Gasteiger partial charge >= 0.3 is 5.76 Å². The summed E-state index contributed by atoms with van der Waals surface area (Å²) in [6.45, 7) is 7.56. The Morgan fingerprint density at radius 2 is 1.94 bits per heavy atom. The summed E-state index contributed by atoms with van der Waals surface area (Å²) >= 11 is 6.05. The molecule has 0 aliphatic carbocycles. The van der Waals surface area contributed by atoms with Crippen molar-refractivity contribution in [2.75, 3.05) is 5.32 Å². The predicted octanol–water partition coefficient (Wildman–Crippen LogP) is 5.09. The van der Waals surface area contributed by atoms with Crippen molar-refractivity contribution in [1.29, 1.82) is 0 Å². The van der Waals surface area contributed by atoms with Gasteiger partial charge in [0.15, 0.2) is 11.2 Å². The van der Waals surface area contributed by atoms with Gasteiger partial charge in [0, 0.05) is 16.8 Å². The zero-order chi connectivity index (χ0) is 25.6. The van der Waals surface area contributed by atoms with Crippen LogP contribution in [0.5, 0.6) is 0 Å². The quantitative estimate of drug-likeness (QED) is 0.316. The largest absolute Gasteiger partial charge is 0.453 e. The van der Waals surface area contributed by atoms with E-state index in [1.54, 1.807) is 37.3 Å². The number of halogens is 2. The Balaban J connectivity index is 1.66. The molecule has 180 valence electrons. The molecule has 9 nitrogen and oxygen atoms in total. The monoisotopic (exact) mass is 505 g/mol. The highest BCUT2D eigenvalue weighted by atomic mass is 35.5. The second-order valence-corrected chi connectivity index (χ2v) is 8.38. The maximum absolute atomic E-state index is 13.8. The Kier molecular flexibility index (Phi) is 5.73. The first kappa shape index (κ1) is 23.2. The lowest BCUT2D eigenvalue weighted by molar-refractivity contribution is 0.388. The van der Waals surface area contributed by atoms with Gasteiger partial charge in [0.05, 0.1) is 11.1 Å². The van der Waals surface area contributed by atoms with E-state index in [2.05, 4.69) is 36.5 Å². The number of rotatable bonds is 5. The summed E-state index contributed by atoms with van der Waals surface area (Å²) in [4.78, 5) is 35.2. The highest BCUT2D eigenvalue weighted by molar-refractivity contribution is 6.29. The number of H-pyrrole nitrogens is 1. The number of anilines is 1. The molecule has 2 N–H and O–H groups in total. The molecule has 0 amide bonds. The maximum Gasteiger partial charge on any atom is 0.439 e. The fourth-order valence-corrected chi connectivity index (χ4v) is 3.96. The van der Waals surface area contributed by atoms with Crippen molar-refractivity contribution < 1.29 is 13.3 Å². The Labute approximate surface area is 207 Å². The molecule has 0 aliphatic rings.